The molecule has 1 aliphatic carbocycles. The van der Waals surface area contributed by atoms with Gasteiger partial charge in [0.15, 0.2) is 11.5 Å². The molecule has 0 saturated carbocycles. The summed E-state index contributed by atoms with van der Waals surface area (Å²) >= 11 is 0. The fourth-order valence-corrected chi connectivity index (χ4v) is 2.01. The van der Waals surface area contributed by atoms with Gasteiger partial charge in [-0.1, -0.05) is 24.3 Å². The fraction of sp³-hybridized carbons (Fsp3) is 0. The molecule has 2 aromatic carbocycles. The molecule has 3 rings (SSSR count). The summed E-state index contributed by atoms with van der Waals surface area (Å²) in [6, 6.07) is 8.81. The van der Waals surface area contributed by atoms with Crippen molar-refractivity contribution >= 4 is 22.6 Å². The third-order valence-electron chi connectivity index (χ3n) is 2.71. The van der Waals surface area contributed by atoms with Crippen molar-refractivity contribution in [1.82, 2.24) is 0 Å². The predicted octanol–water partition coefficient (Wildman–Crippen LogP) is 3.19. The van der Waals surface area contributed by atoms with E-state index in [4.69, 9.17) is 0 Å². The Morgan fingerprint density at radius 2 is 1.80 bits per heavy atom. The van der Waals surface area contributed by atoms with Crippen LogP contribution in [0.2, 0.25) is 0 Å². The first-order valence-corrected chi connectivity index (χ1v) is 4.72. The van der Waals surface area contributed by atoms with Gasteiger partial charge in [-0.05, 0) is 23.6 Å². The van der Waals surface area contributed by atoms with E-state index in [0.717, 1.165) is 10.8 Å². The summed E-state index contributed by atoms with van der Waals surface area (Å²) in [4.78, 5) is 11.6. The average Bonchev–Trinajstić information content (AvgIpc) is 2.26. The molecule has 0 amide bonds. The number of hydrogen-bond acceptors (Lipinski definition) is 1. The van der Waals surface area contributed by atoms with E-state index in [0.29, 0.717) is 11.1 Å². The number of carbonyl (C=O) groups excluding carboxylic acids is 1. The normalized spacial score (nSPS) is 13.5. The highest BCUT2D eigenvalue weighted by atomic mass is 16.3. The van der Waals surface area contributed by atoms with Crippen LogP contribution in [0.3, 0.4) is 0 Å². The molecule has 1 aliphatic rings. The Morgan fingerprint density at radius 1 is 0.933 bits per heavy atom. The molecule has 0 fully saturated rings. The van der Waals surface area contributed by atoms with Crippen molar-refractivity contribution in [2.45, 2.75) is 0 Å². The zero-order valence-corrected chi connectivity index (χ0v) is 7.86. The van der Waals surface area contributed by atoms with Crippen LogP contribution in [0.4, 0.5) is 0 Å². The van der Waals surface area contributed by atoms with Crippen LogP contribution in [-0.4, -0.2) is 5.78 Å². The Kier molecular flexibility index (Phi) is 1.48. The molecule has 0 heterocycles. The standard InChI is InChI=1S/C13H7O2/c14-11-6-4-8-2-1-3-9-12(15)7-5-10(11)13(8)9/h1-7H. The lowest BCUT2D eigenvalue weighted by atomic mass is 9.92. The van der Waals surface area contributed by atoms with Crippen LogP contribution < -0.4 is 0 Å². The van der Waals surface area contributed by atoms with E-state index in [9.17, 15) is 9.90 Å². The van der Waals surface area contributed by atoms with Gasteiger partial charge < -0.3 is 0 Å². The number of carbonyl (C=O) groups is 1. The highest BCUT2D eigenvalue weighted by molar-refractivity contribution is 6.20. The van der Waals surface area contributed by atoms with Gasteiger partial charge in [-0.3, -0.25) is 9.90 Å². The van der Waals surface area contributed by atoms with Gasteiger partial charge in [0, 0.05) is 16.5 Å². The van der Waals surface area contributed by atoms with Crippen molar-refractivity contribution in [3.8, 4) is 5.75 Å². The van der Waals surface area contributed by atoms with Gasteiger partial charge >= 0.3 is 0 Å². The molecular weight excluding hydrogens is 188 g/mol. The van der Waals surface area contributed by atoms with Gasteiger partial charge in [0.1, 0.15) is 0 Å². The Labute approximate surface area is 86.5 Å². The van der Waals surface area contributed by atoms with E-state index >= 15 is 0 Å². The minimum absolute atomic E-state index is 0.0290. The first-order valence-electron chi connectivity index (χ1n) is 4.72. The molecule has 0 spiro atoms. The Bertz CT molecular complexity index is 609. The minimum Gasteiger partial charge on any atom is -0.289 e. The lowest BCUT2D eigenvalue weighted by Crippen LogP contribution is -2.01. The van der Waals surface area contributed by atoms with Crippen molar-refractivity contribution in [3.05, 3.63) is 47.5 Å². The number of hydrogen-bond donors (Lipinski definition) is 0. The molecule has 2 heteroatoms. The number of ketones is 1. The third-order valence-corrected chi connectivity index (χ3v) is 2.71. The lowest BCUT2D eigenvalue weighted by Gasteiger charge is -2.11. The quantitative estimate of drug-likeness (QED) is 0.636. The van der Waals surface area contributed by atoms with Crippen molar-refractivity contribution in [2.75, 3.05) is 0 Å². The Balaban J connectivity index is 2.59. The molecule has 15 heavy (non-hydrogen) atoms. The molecule has 0 aromatic heterocycles. The molecule has 1 radical (unpaired) electrons. The van der Waals surface area contributed by atoms with Gasteiger partial charge in [0.25, 0.3) is 0 Å². The van der Waals surface area contributed by atoms with Crippen LogP contribution in [-0.2, 0) is 5.11 Å². The zero-order chi connectivity index (χ0) is 10.4. The van der Waals surface area contributed by atoms with Crippen LogP contribution in [0.5, 0.6) is 5.75 Å². The fourth-order valence-electron chi connectivity index (χ4n) is 2.01. The second kappa shape index (κ2) is 2.70. The van der Waals surface area contributed by atoms with E-state index < -0.39 is 0 Å². The monoisotopic (exact) mass is 195 g/mol. The average molecular weight is 195 g/mol. The van der Waals surface area contributed by atoms with Gasteiger partial charge in [0.2, 0.25) is 0 Å². The van der Waals surface area contributed by atoms with E-state index in [1.54, 1.807) is 24.3 Å². The van der Waals surface area contributed by atoms with E-state index in [2.05, 4.69) is 0 Å². The third kappa shape index (κ3) is 1.02. The number of benzene rings is 2. The van der Waals surface area contributed by atoms with Crippen LogP contribution in [0.25, 0.3) is 16.8 Å². The van der Waals surface area contributed by atoms with Crippen molar-refractivity contribution in [3.63, 3.8) is 0 Å². The second-order valence-electron chi connectivity index (χ2n) is 3.58. The molecule has 0 aliphatic heterocycles. The molecule has 0 atom stereocenters. The van der Waals surface area contributed by atoms with E-state index in [1.807, 2.05) is 12.1 Å². The molecule has 0 unspecified atom stereocenters. The van der Waals surface area contributed by atoms with E-state index in [-0.39, 0.29) is 11.5 Å². The molecule has 71 valence electrons. The van der Waals surface area contributed by atoms with Crippen molar-refractivity contribution in [2.24, 2.45) is 0 Å². The minimum atomic E-state index is -0.0290. The van der Waals surface area contributed by atoms with E-state index in [1.165, 1.54) is 6.08 Å². The maximum absolute atomic E-state index is 11.6. The smallest absolute Gasteiger partial charge is 0.186 e. The maximum atomic E-state index is 11.6. The van der Waals surface area contributed by atoms with Crippen LogP contribution in [0.15, 0.2) is 36.4 Å². The molecule has 0 bridgehead atoms. The van der Waals surface area contributed by atoms with Gasteiger partial charge in [-0.2, -0.15) is 0 Å². The molecule has 2 nitrogen and oxygen atoms in total. The Hall–Kier alpha value is -2.09. The first-order chi connectivity index (χ1) is 7.27. The summed E-state index contributed by atoms with van der Waals surface area (Å²) < 4.78 is 0. The van der Waals surface area contributed by atoms with Gasteiger partial charge in [0.05, 0.1) is 0 Å². The highest BCUT2D eigenvalue weighted by Gasteiger charge is 2.17. The summed E-state index contributed by atoms with van der Waals surface area (Å²) in [5.41, 5.74) is 1.26. The second-order valence-corrected chi connectivity index (χ2v) is 3.58. The Morgan fingerprint density at radius 3 is 2.67 bits per heavy atom. The lowest BCUT2D eigenvalue weighted by molar-refractivity contribution is 0.104. The van der Waals surface area contributed by atoms with Crippen LogP contribution in [0, 0.1) is 0 Å². The molecule has 0 saturated heterocycles. The maximum Gasteiger partial charge on any atom is 0.186 e. The molecule has 2 aromatic rings. The summed E-state index contributed by atoms with van der Waals surface area (Å²) in [5.74, 6) is -0.0580. The number of allylic oxidation sites excluding steroid dienone is 1. The highest BCUT2D eigenvalue weighted by Crippen LogP contribution is 2.34. The summed E-state index contributed by atoms with van der Waals surface area (Å²) in [6.45, 7) is 0. The largest absolute Gasteiger partial charge is 0.289 e. The van der Waals surface area contributed by atoms with Gasteiger partial charge in [-0.25, -0.2) is 0 Å². The van der Waals surface area contributed by atoms with Gasteiger partial charge in [-0.15, -0.1) is 0 Å². The summed E-state index contributed by atoms with van der Waals surface area (Å²) in [7, 11) is 0. The van der Waals surface area contributed by atoms with Crippen LogP contribution in [0.1, 0.15) is 15.9 Å². The number of rotatable bonds is 0. The molecular formula is C13H7O2. The molecule has 0 N–H and O–H groups in total. The SMILES string of the molecule is [O]c1ccc2cccc3c2c1C=CC3=O. The predicted molar refractivity (Wildman–Crippen MR) is 57.4 cm³/mol. The summed E-state index contributed by atoms with van der Waals surface area (Å²) in [6.07, 6.45) is 3.07. The van der Waals surface area contributed by atoms with Crippen molar-refractivity contribution < 1.29 is 9.90 Å². The topological polar surface area (TPSA) is 37.0 Å². The van der Waals surface area contributed by atoms with Crippen molar-refractivity contribution in [1.29, 1.82) is 0 Å². The van der Waals surface area contributed by atoms with Crippen LogP contribution >= 0.6 is 0 Å². The first kappa shape index (κ1) is 8.24. The zero-order valence-electron chi connectivity index (χ0n) is 7.86. The summed E-state index contributed by atoms with van der Waals surface area (Å²) in [5, 5.41) is 13.3.